The molecule has 0 heterocycles. The fraction of sp³-hybridized carbons (Fsp3) is 0.800. The Balaban J connectivity index is 2.68. The summed E-state index contributed by atoms with van der Waals surface area (Å²) in [6.07, 6.45) is 2.47. The van der Waals surface area contributed by atoms with Gasteiger partial charge in [0.1, 0.15) is 0 Å². The summed E-state index contributed by atoms with van der Waals surface area (Å²) in [5.74, 6) is 0. The summed E-state index contributed by atoms with van der Waals surface area (Å²) >= 11 is 5.73. The van der Waals surface area contributed by atoms with E-state index in [1.165, 1.54) is 12.8 Å². The molecule has 43 valence electrons. The molecule has 0 rings (SSSR count). The Kier molecular flexibility index (Phi) is 6.27. The van der Waals surface area contributed by atoms with Crippen LogP contribution in [0.3, 0.4) is 0 Å². The highest BCUT2D eigenvalue weighted by atomic mass is 127. The lowest BCUT2D eigenvalue weighted by Gasteiger charge is -1.96. The van der Waals surface area contributed by atoms with Crippen molar-refractivity contribution in [2.45, 2.75) is 24.6 Å². The highest BCUT2D eigenvalue weighted by molar-refractivity contribution is 14.1. The van der Waals surface area contributed by atoms with Crippen molar-refractivity contribution in [1.29, 1.82) is 0 Å². The summed E-state index contributed by atoms with van der Waals surface area (Å²) in [5.41, 5.74) is 0. The van der Waals surface area contributed by atoms with Crippen molar-refractivity contribution >= 4 is 38.5 Å². The van der Waals surface area contributed by atoms with Crippen molar-refractivity contribution in [2.75, 3.05) is 0 Å². The average Bonchev–Trinajstić information content (AvgIpc) is 1.61. The van der Waals surface area contributed by atoms with E-state index in [0.29, 0.717) is 4.83 Å². The van der Waals surface area contributed by atoms with E-state index < -0.39 is 0 Å². The van der Waals surface area contributed by atoms with Gasteiger partial charge in [0, 0.05) is 9.25 Å². The van der Waals surface area contributed by atoms with E-state index >= 15 is 0 Å². The van der Waals surface area contributed by atoms with Crippen LogP contribution in [0.15, 0.2) is 0 Å². The van der Waals surface area contributed by atoms with E-state index in [1.54, 1.807) is 0 Å². The first-order valence-electron chi connectivity index (χ1n) is 2.33. The molecule has 0 aromatic heterocycles. The molecule has 1 unspecified atom stereocenters. The molecule has 1 atom stereocenters. The molecule has 1 radical (unpaired) electrons. The van der Waals surface area contributed by atoms with Crippen LogP contribution in [0, 0.1) is 4.43 Å². The van der Waals surface area contributed by atoms with Gasteiger partial charge in [0.15, 0.2) is 0 Å². The van der Waals surface area contributed by atoms with Gasteiger partial charge in [-0.25, -0.2) is 0 Å². The van der Waals surface area contributed by atoms with Crippen molar-refractivity contribution in [3.8, 4) is 0 Å². The van der Waals surface area contributed by atoms with E-state index in [2.05, 4.69) is 49.9 Å². The standard InChI is InChI=1S/C5H9BrI/c1-5(6)3-2-4-7/h4-5H,2-3H2,1H3. The van der Waals surface area contributed by atoms with Crippen LogP contribution in [0.25, 0.3) is 0 Å². The van der Waals surface area contributed by atoms with Crippen LogP contribution < -0.4 is 0 Å². The molecule has 0 aromatic carbocycles. The van der Waals surface area contributed by atoms with Crippen molar-refractivity contribution in [1.82, 2.24) is 0 Å². The van der Waals surface area contributed by atoms with Crippen LogP contribution in [-0.2, 0) is 0 Å². The fourth-order valence-electron chi connectivity index (χ4n) is 0.293. The third kappa shape index (κ3) is 7.21. The number of alkyl halides is 1. The highest BCUT2D eigenvalue weighted by Gasteiger charge is 1.91. The molecule has 0 saturated heterocycles. The molecule has 7 heavy (non-hydrogen) atoms. The van der Waals surface area contributed by atoms with Gasteiger partial charge in [-0.2, -0.15) is 0 Å². The lowest BCUT2D eigenvalue weighted by Crippen LogP contribution is -1.86. The largest absolute Gasteiger partial charge is 0.0894 e. The minimum Gasteiger partial charge on any atom is -0.0894 e. The minimum absolute atomic E-state index is 0.679. The molecule has 2 heteroatoms. The molecule has 0 aliphatic rings. The smallest absolute Gasteiger partial charge is 0.0228 e. The van der Waals surface area contributed by atoms with E-state index in [-0.39, 0.29) is 0 Å². The summed E-state index contributed by atoms with van der Waals surface area (Å²) in [7, 11) is 0. The molecule has 0 saturated carbocycles. The number of rotatable bonds is 3. The summed E-state index contributed by atoms with van der Waals surface area (Å²) < 4.78 is 2.16. The predicted molar refractivity (Wildman–Crippen MR) is 45.9 cm³/mol. The molecule has 0 aromatic rings. The SMILES string of the molecule is CC(Br)CC[CH]I. The molecule has 0 nitrogen and oxygen atoms in total. The van der Waals surface area contributed by atoms with Gasteiger partial charge in [-0.3, -0.25) is 0 Å². The van der Waals surface area contributed by atoms with E-state index in [0.717, 1.165) is 0 Å². The van der Waals surface area contributed by atoms with Gasteiger partial charge in [0.2, 0.25) is 0 Å². The van der Waals surface area contributed by atoms with Gasteiger partial charge in [-0.1, -0.05) is 45.4 Å². The third-order valence-corrected chi connectivity index (χ3v) is 1.75. The first kappa shape index (κ1) is 8.21. The van der Waals surface area contributed by atoms with Crippen LogP contribution in [-0.4, -0.2) is 4.83 Å². The Morgan fingerprint density at radius 3 is 2.57 bits per heavy atom. The summed E-state index contributed by atoms with van der Waals surface area (Å²) in [4.78, 5) is 0.679. The Labute approximate surface area is 67.3 Å². The maximum Gasteiger partial charge on any atom is 0.0228 e. The number of hydrogen-bond donors (Lipinski definition) is 0. The third-order valence-electron chi connectivity index (χ3n) is 0.674. The summed E-state index contributed by atoms with van der Waals surface area (Å²) in [5, 5.41) is 0. The lowest BCUT2D eigenvalue weighted by molar-refractivity contribution is 0.839. The molecular weight excluding hydrogens is 267 g/mol. The van der Waals surface area contributed by atoms with Crippen molar-refractivity contribution in [2.24, 2.45) is 0 Å². The van der Waals surface area contributed by atoms with Crippen LogP contribution in [0.4, 0.5) is 0 Å². The van der Waals surface area contributed by atoms with Crippen LogP contribution in [0.5, 0.6) is 0 Å². The van der Waals surface area contributed by atoms with E-state index in [1.807, 2.05) is 0 Å². The number of hydrogen-bond acceptors (Lipinski definition) is 0. The fourth-order valence-corrected chi connectivity index (χ4v) is 0.917. The van der Waals surface area contributed by atoms with Crippen molar-refractivity contribution in [3.05, 3.63) is 4.43 Å². The second kappa shape index (κ2) is 5.35. The van der Waals surface area contributed by atoms with Crippen LogP contribution in [0.2, 0.25) is 0 Å². The van der Waals surface area contributed by atoms with Gasteiger partial charge in [0.25, 0.3) is 0 Å². The molecule has 0 fully saturated rings. The molecule has 0 amide bonds. The Morgan fingerprint density at radius 1 is 1.86 bits per heavy atom. The molecular formula is C5H9BrI. The maximum absolute atomic E-state index is 3.45. The van der Waals surface area contributed by atoms with E-state index in [4.69, 9.17) is 0 Å². The highest BCUT2D eigenvalue weighted by Crippen LogP contribution is 2.09. The Morgan fingerprint density at radius 2 is 2.43 bits per heavy atom. The topological polar surface area (TPSA) is 0 Å². The average molecular weight is 276 g/mol. The normalized spacial score (nSPS) is 14.1. The quantitative estimate of drug-likeness (QED) is 0.548. The van der Waals surface area contributed by atoms with Crippen LogP contribution >= 0.6 is 38.5 Å². The summed E-state index contributed by atoms with van der Waals surface area (Å²) in [6.45, 7) is 2.17. The maximum atomic E-state index is 3.45. The number of halogens is 2. The molecule has 0 aliphatic heterocycles. The van der Waals surface area contributed by atoms with Crippen LogP contribution in [0.1, 0.15) is 19.8 Å². The minimum atomic E-state index is 0.679. The Hall–Kier alpha value is 1.21. The zero-order chi connectivity index (χ0) is 5.70. The van der Waals surface area contributed by atoms with Gasteiger partial charge >= 0.3 is 0 Å². The zero-order valence-electron chi connectivity index (χ0n) is 4.32. The van der Waals surface area contributed by atoms with Gasteiger partial charge in [0.05, 0.1) is 0 Å². The predicted octanol–water partition coefficient (Wildman–Crippen LogP) is 3.15. The molecule has 0 aliphatic carbocycles. The summed E-state index contributed by atoms with van der Waals surface area (Å²) in [6, 6.07) is 0. The first-order valence-corrected chi connectivity index (χ1v) is 4.49. The zero-order valence-corrected chi connectivity index (χ0v) is 8.07. The molecule has 0 spiro atoms. The van der Waals surface area contributed by atoms with Crippen molar-refractivity contribution < 1.29 is 0 Å². The van der Waals surface area contributed by atoms with Gasteiger partial charge in [-0.15, -0.1) is 0 Å². The first-order chi connectivity index (χ1) is 3.27. The van der Waals surface area contributed by atoms with Gasteiger partial charge in [-0.05, 0) is 12.8 Å². The monoisotopic (exact) mass is 275 g/mol. The Bertz CT molecular complexity index is 37.1. The molecule has 0 bridgehead atoms. The second-order valence-electron chi connectivity index (χ2n) is 1.51. The van der Waals surface area contributed by atoms with E-state index in [9.17, 15) is 0 Å². The van der Waals surface area contributed by atoms with Crippen molar-refractivity contribution in [3.63, 3.8) is 0 Å². The van der Waals surface area contributed by atoms with Gasteiger partial charge < -0.3 is 0 Å². The second-order valence-corrected chi connectivity index (χ2v) is 3.96. The molecule has 0 N–H and O–H groups in total. The lowest BCUT2D eigenvalue weighted by atomic mass is 10.3.